The lowest BCUT2D eigenvalue weighted by Crippen LogP contribution is -2.43. The average Bonchev–Trinajstić information content (AvgIpc) is 2.51. The van der Waals surface area contributed by atoms with Crippen molar-refractivity contribution in [2.75, 3.05) is 5.32 Å². The van der Waals surface area contributed by atoms with E-state index in [1.54, 1.807) is 0 Å². The Labute approximate surface area is 132 Å². The molecule has 4 heteroatoms. The zero-order chi connectivity index (χ0) is 16.1. The minimum Gasteiger partial charge on any atom is -0.345 e. The molecular weight excluding hydrogens is 276 g/mol. The molecule has 22 heavy (non-hydrogen) atoms. The van der Waals surface area contributed by atoms with Crippen LogP contribution in [0.15, 0.2) is 18.2 Å². The highest BCUT2D eigenvalue weighted by atomic mass is 16.2. The first kappa shape index (κ1) is 16.5. The van der Waals surface area contributed by atoms with E-state index in [9.17, 15) is 9.59 Å². The van der Waals surface area contributed by atoms with Gasteiger partial charge in [0.25, 0.3) is 0 Å². The van der Waals surface area contributed by atoms with Crippen molar-refractivity contribution in [1.82, 2.24) is 5.32 Å². The van der Waals surface area contributed by atoms with Crippen LogP contribution in [0.2, 0.25) is 0 Å². The van der Waals surface area contributed by atoms with Gasteiger partial charge in [0.05, 0.1) is 0 Å². The fourth-order valence-electron chi connectivity index (χ4n) is 3.15. The molecule has 1 aromatic rings. The van der Waals surface area contributed by atoms with Gasteiger partial charge in [-0.15, -0.1) is 0 Å². The lowest BCUT2D eigenvalue weighted by atomic mass is 9.84. The molecule has 0 spiro atoms. The largest absolute Gasteiger partial charge is 0.345 e. The summed E-state index contributed by atoms with van der Waals surface area (Å²) >= 11 is 0. The number of hydrogen-bond donors (Lipinski definition) is 2. The number of para-hydroxylation sites is 1. The summed E-state index contributed by atoms with van der Waals surface area (Å²) in [4.78, 5) is 24.2. The van der Waals surface area contributed by atoms with Gasteiger partial charge in [-0.1, -0.05) is 31.5 Å². The molecule has 2 rings (SSSR count). The van der Waals surface area contributed by atoms with Gasteiger partial charge in [0.1, 0.15) is 0 Å². The second-order valence-electron chi connectivity index (χ2n) is 6.32. The molecular formula is C18H26N2O2. The first-order chi connectivity index (χ1) is 10.5. The summed E-state index contributed by atoms with van der Waals surface area (Å²) in [5, 5.41) is 5.61. The van der Waals surface area contributed by atoms with Gasteiger partial charge in [-0.05, 0) is 56.6 Å². The lowest BCUT2D eigenvalue weighted by molar-refractivity contribution is -0.136. The Morgan fingerprint density at radius 1 is 1.05 bits per heavy atom. The van der Waals surface area contributed by atoms with Gasteiger partial charge in [-0.3, -0.25) is 9.59 Å². The molecule has 0 heterocycles. The van der Waals surface area contributed by atoms with E-state index in [4.69, 9.17) is 0 Å². The fraction of sp³-hybridized carbons (Fsp3) is 0.556. The van der Waals surface area contributed by atoms with Crippen molar-refractivity contribution in [2.24, 2.45) is 5.92 Å². The Morgan fingerprint density at radius 2 is 1.64 bits per heavy atom. The lowest BCUT2D eigenvalue weighted by Gasteiger charge is -2.28. The molecule has 120 valence electrons. The standard InChI is InChI=1S/C18H26N2O2/c1-4-14-8-10-15(11-9-14)19-17(21)18(22)20-16-12(2)6-5-7-13(16)3/h5-7,14-15H,4,8-11H2,1-3H3,(H,19,21)(H,20,22). The second-order valence-corrected chi connectivity index (χ2v) is 6.32. The molecule has 2 N–H and O–H groups in total. The second kappa shape index (κ2) is 7.43. The van der Waals surface area contributed by atoms with Crippen molar-refractivity contribution in [3.05, 3.63) is 29.3 Å². The van der Waals surface area contributed by atoms with Crippen LogP contribution in [0.3, 0.4) is 0 Å². The summed E-state index contributed by atoms with van der Waals surface area (Å²) < 4.78 is 0. The predicted molar refractivity (Wildman–Crippen MR) is 88.7 cm³/mol. The Balaban J connectivity index is 1.89. The van der Waals surface area contributed by atoms with Crippen LogP contribution in [0.5, 0.6) is 0 Å². The predicted octanol–water partition coefficient (Wildman–Crippen LogP) is 3.33. The molecule has 0 unspecified atom stereocenters. The van der Waals surface area contributed by atoms with E-state index in [-0.39, 0.29) is 6.04 Å². The maximum absolute atomic E-state index is 12.1. The maximum atomic E-state index is 12.1. The van der Waals surface area contributed by atoms with Crippen LogP contribution in [-0.2, 0) is 9.59 Å². The van der Waals surface area contributed by atoms with Crippen LogP contribution in [0.25, 0.3) is 0 Å². The summed E-state index contributed by atoms with van der Waals surface area (Å²) in [6.07, 6.45) is 5.43. The van der Waals surface area contributed by atoms with Crippen LogP contribution in [0.4, 0.5) is 5.69 Å². The summed E-state index contributed by atoms with van der Waals surface area (Å²) in [5.74, 6) is -0.325. The highest BCUT2D eigenvalue weighted by Crippen LogP contribution is 2.26. The average molecular weight is 302 g/mol. The zero-order valence-electron chi connectivity index (χ0n) is 13.7. The molecule has 0 saturated heterocycles. The number of anilines is 1. The van der Waals surface area contributed by atoms with Crippen LogP contribution in [-0.4, -0.2) is 17.9 Å². The van der Waals surface area contributed by atoms with Crippen LogP contribution in [0, 0.1) is 19.8 Å². The number of benzene rings is 1. The molecule has 0 aliphatic heterocycles. The Bertz CT molecular complexity index is 526. The van der Waals surface area contributed by atoms with Crippen LogP contribution >= 0.6 is 0 Å². The van der Waals surface area contributed by atoms with Gasteiger partial charge in [-0.25, -0.2) is 0 Å². The molecule has 1 aromatic carbocycles. The van der Waals surface area contributed by atoms with Crippen LogP contribution in [0.1, 0.15) is 50.2 Å². The van der Waals surface area contributed by atoms with Crippen molar-refractivity contribution < 1.29 is 9.59 Å². The van der Waals surface area contributed by atoms with E-state index in [1.165, 1.54) is 6.42 Å². The number of carbonyl (C=O) groups is 2. The Hall–Kier alpha value is -1.84. The number of nitrogens with one attached hydrogen (secondary N) is 2. The normalized spacial score (nSPS) is 21.2. The number of aryl methyl sites for hydroxylation is 2. The summed E-state index contributed by atoms with van der Waals surface area (Å²) in [5.41, 5.74) is 2.66. The minimum absolute atomic E-state index is 0.138. The molecule has 1 aliphatic carbocycles. The van der Waals surface area contributed by atoms with Gasteiger partial charge < -0.3 is 10.6 Å². The van der Waals surface area contributed by atoms with E-state index in [0.29, 0.717) is 0 Å². The van der Waals surface area contributed by atoms with E-state index in [2.05, 4.69) is 17.6 Å². The molecule has 0 atom stereocenters. The Morgan fingerprint density at radius 3 is 2.18 bits per heavy atom. The molecule has 1 saturated carbocycles. The maximum Gasteiger partial charge on any atom is 0.313 e. The van der Waals surface area contributed by atoms with Crippen molar-refractivity contribution in [3.8, 4) is 0 Å². The van der Waals surface area contributed by atoms with E-state index in [0.717, 1.165) is 48.4 Å². The van der Waals surface area contributed by atoms with Crippen molar-refractivity contribution >= 4 is 17.5 Å². The Kier molecular flexibility index (Phi) is 5.58. The number of hydrogen-bond acceptors (Lipinski definition) is 2. The third kappa shape index (κ3) is 4.09. The van der Waals surface area contributed by atoms with E-state index < -0.39 is 11.8 Å². The van der Waals surface area contributed by atoms with Crippen molar-refractivity contribution in [3.63, 3.8) is 0 Å². The molecule has 0 aromatic heterocycles. The first-order valence-corrected chi connectivity index (χ1v) is 8.19. The highest BCUT2D eigenvalue weighted by Gasteiger charge is 2.24. The summed E-state index contributed by atoms with van der Waals surface area (Å²) in [6.45, 7) is 6.06. The molecule has 2 amide bonds. The smallest absolute Gasteiger partial charge is 0.313 e. The fourth-order valence-corrected chi connectivity index (χ4v) is 3.15. The molecule has 0 radical (unpaired) electrons. The topological polar surface area (TPSA) is 58.2 Å². The van der Waals surface area contributed by atoms with Crippen molar-refractivity contribution in [1.29, 1.82) is 0 Å². The monoisotopic (exact) mass is 302 g/mol. The van der Waals surface area contributed by atoms with E-state index >= 15 is 0 Å². The number of carbonyl (C=O) groups excluding carboxylic acids is 2. The highest BCUT2D eigenvalue weighted by molar-refractivity contribution is 6.39. The molecule has 0 bridgehead atoms. The number of rotatable bonds is 3. The van der Waals surface area contributed by atoms with Crippen molar-refractivity contribution in [2.45, 2.75) is 58.9 Å². The summed E-state index contributed by atoms with van der Waals surface area (Å²) in [7, 11) is 0. The zero-order valence-corrected chi connectivity index (χ0v) is 13.7. The van der Waals surface area contributed by atoms with Gasteiger partial charge in [0.2, 0.25) is 0 Å². The van der Waals surface area contributed by atoms with Gasteiger partial charge in [0, 0.05) is 11.7 Å². The molecule has 4 nitrogen and oxygen atoms in total. The van der Waals surface area contributed by atoms with Gasteiger partial charge in [0.15, 0.2) is 0 Å². The van der Waals surface area contributed by atoms with Crippen LogP contribution < -0.4 is 10.6 Å². The number of amides is 2. The van der Waals surface area contributed by atoms with Gasteiger partial charge >= 0.3 is 11.8 Å². The van der Waals surface area contributed by atoms with E-state index in [1.807, 2.05) is 32.0 Å². The minimum atomic E-state index is -0.574. The molecule has 1 aliphatic rings. The quantitative estimate of drug-likeness (QED) is 0.841. The summed E-state index contributed by atoms with van der Waals surface area (Å²) in [6, 6.07) is 5.92. The third-order valence-corrected chi connectivity index (χ3v) is 4.69. The SMILES string of the molecule is CCC1CCC(NC(=O)C(=O)Nc2c(C)cccc2C)CC1. The molecule has 1 fully saturated rings. The third-order valence-electron chi connectivity index (χ3n) is 4.69. The first-order valence-electron chi connectivity index (χ1n) is 8.19. The van der Waals surface area contributed by atoms with Gasteiger partial charge in [-0.2, -0.15) is 0 Å².